The van der Waals surface area contributed by atoms with E-state index in [0.29, 0.717) is 12.1 Å². The van der Waals surface area contributed by atoms with E-state index in [1.807, 2.05) is 18.2 Å². The fourth-order valence-electron chi connectivity index (χ4n) is 1.38. The second-order valence-corrected chi connectivity index (χ2v) is 5.74. The third kappa shape index (κ3) is 5.35. The Morgan fingerprint density at radius 3 is 2.82 bits per heavy atom. The van der Waals surface area contributed by atoms with Gasteiger partial charge in [0.2, 0.25) is 0 Å². The maximum Gasteiger partial charge on any atom is 0.252 e. The van der Waals surface area contributed by atoms with Crippen molar-refractivity contribution in [2.45, 2.75) is 19.3 Å². The number of unbranched alkanes of at least 4 members (excludes halogenated alkanes) is 2. The lowest BCUT2D eigenvalue weighted by Gasteiger charge is -2.07. The van der Waals surface area contributed by atoms with Gasteiger partial charge in [0.05, 0.1) is 5.56 Å². The van der Waals surface area contributed by atoms with Crippen LogP contribution in [0.25, 0.3) is 0 Å². The van der Waals surface area contributed by atoms with Crippen LogP contribution in [0, 0.1) is 3.57 Å². The molecular weight excluding hydrogens is 397 g/mol. The predicted molar refractivity (Wildman–Crippen MR) is 80.1 cm³/mol. The van der Waals surface area contributed by atoms with Crippen LogP contribution >= 0.6 is 38.5 Å². The molecule has 0 heterocycles. The number of rotatable bonds is 6. The molecule has 1 aromatic carbocycles. The van der Waals surface area contributed by atoms with Crippen LogP contribution in [0.3, 0.4) is 0 Å². The first-order valence-electron chi connectivity index (χ1n) is 5.49. The van der Waals surface area contributed by atoms with E-state index >= 15 is 0 Å². The Hall–Kier alpha value is -0.140. The second-order valence-electron chi connectivity index (χ2n) is 3.66. The highest BCUT2D eigenvalue weighted by Crippen LogP contribution is 2.18. The SMILES string of the molecule is O=C(NCCCCCO)c1cc(Br)ccc1I. The van der Waals surface area contributed by atoms with Gasteiger partial charge < -0.3 is 10.4 Å². The summed E-state index contributed by atoms with van der Waals surface area (Å²) < 4.78 is 1.85. The van der Waals surface area contributed by atoms with E-state index in [0.717, 1.165) is 27.3 Å². The molecule has 3 nitrogen and oxygen atoms in total. The summed E-state index contributed by atoms with van der Waals surface area (Å²) in [6.07, 6.45) is 2.63. The first kappa shape index (κ1) is 14.9. The van der Waals surface area contributed by atoms with Crippen LogP contribution in [-0.4, -0.2) is 24.2 Å². The van der Waals surface area contributed by atoms with E-state index in [1.54, 1.807) is 0 Å². The van der Waals surface area contributed by atoms with Crippen molar-refractivity contribution in [3.05, 3.63) is 31.8 Å². The number of benzene rings is 1. The number of nitrogens with one attached hydrogen (secondary N) is 1. The largest absolute Gasteiger partial charge is 0.396 e. The minimum absolute atomic E-state index is 0.0419. The zero-order valence-corrected chi connectivity index (χ0v) is 13.1. The fraction of sp³-hybridized carbons (Fsp3) is 0.417. The number of hydrogen-bond donors (Lipinski definition) is 2. The van der Waals surface area contributed by atoms with Crippen LogP contribution in [0.2, 0.25) is 0 Å². The van der Waals surface area contributed by atoms with Gasteiger partial charge in [-0.15, -0.1) is 0 Å². The summed E-state index contributed by atoms with van der Waals surface area (Å²) in [6.45, 7) is 0.874. The van der Waals surface area contributed by atoms with Crippen molar-refractivity contribution in [1.82, 2.24) is 5.32 Å². The van der Waals surface area contributed by atoms with Gasteiger partial charge in [-0.2, -0.15) is 0 Å². The number of amides is 1. The maximum absolute atomic E-state index is 11.9. The molecule has 1 rings (SSSR count). The Balaban J connectivity index is 2.44. The zero-order chi connectivity index (χ0) is 12.7. The van der Waals surface area contributed by atoms with Crippen LogP contribution in [0.1, 0.15) is 29.6 Å². The standard InChI is InChI=1S/C12H15BrINO2/c13-9-4-5-11(14)10(8-9)12(17)15-6-2-1-3-7-16/h4-5,8,16H,1-3,6-7H2,(H,15,17). The van der Waals surface area contributed by atoms with Gasteiger partial charge >= 0.3 is 0 Å². The van der Waals surface area contributed by atoms with Gasteiger partial charge in [-0.1, -0.05) is 15.9 Å². The number of carbonyl (C=O) groups is 1. The number of carbonyl (C=O) groups excluding carboxylic acids is 1. The van der Waals surface area contributed by atoms with Crippen LogP contribution in [-0.2, 0) is 0 Å². The molecule has 0 unspecified atom stereocenters. The second kappa shape index (κ2) is 8.05. The summed E-state index contributed by atoms with van der Waals surface area (Å²) in [5.41, 5.74) is 0.696. The molecule has 0 aliphatic carbocycles. The lowest BCUT2D eigenvalue weighted by Crippen LogP contribution is -2.25. The fourth-order valence-corrected chi connectivity index (χ4v) is 2.32. The summed E-state index contributed by atoms with van der Waals surface area (Å²) in [7, 11) is 0. The predicted octanol–water partition coefficient (Wildman–Crippen LogP) is 2.95. The van der Waals surface area contributed by atoms with Crippen molar-refractivity contribution in [2.75, 3.05) is 13.2 Å². The number of aliphatic hydroxyl groups excluding tert-OH is 1. The quantitative estimate of drug-likeness (QED) is 0.558. The van der Waals surface area contributed by atoms with Gasteiger partial charge in [-0.05, 0) is 60.1 Å². The number of aliphatic hydroxyl groups is 1. The molecule has 2 N–H and O–H groups in total. The minimum Gasteiger partial charge on any atom is -0.396 e. The Bertz CT molecular complexity index is 385. The lowest BCUT2D eigenvalue weighted by molar-refractivity contribution is 0.0952. The Kier molecular flexibility index (Phi) is 7.06. The van der Waals surface area contributed by atoms with E-state index < -0.39 is 0 Å². The zero-order valence-electron chi connectivity index (χ0n) is 9.38. The Morgan fingerprint density at radius 2 is 2.12 bits per heavy atom. The van der Waals surface area contributed by atoms with E-state index in [9.17, 15) is 4.79 Å². The number of halogens is 2. The lowest BCUT2D eigenvalue weighted by atomic mass is 10.2. The van der Waals surface area contributed by atoms with Crippen molar-refractivity contribution in [3.63, 3.8) is 0 Å². The molecule has 1 amide bonds. The normalized spacial score (nSPS) is 10.3. The van der Waals surface area contributed by atoms with Crippen molar-refractivity contribution in [1.29, 1.82) is 0 Å². The molecule has 0 radical (unpaired) electrons. The molecule has 0 aliphatic rings. The van der Waals surface area contributed by atoms with Crippen molar-refractivity contribution < 1.29 is 9.90 Å². The van der Waals surface area contributed by atoms with E-state index in [4.69, 9.17) is 5.11 Å². The Labute approximate surface area is 123 Å². The first-order chi connectivity index (χ1) is 8.15. The monoisotopic (exact) mass is 411 g/mol. The summed E-state index contributed by atoms with van der Waals surface area (Å²) in [4.78, 5) is 11.9. The van der Waals surface area contributed by atoms with Crippen LogP contribution < -0.4 is 5.32 Å². The van der Waals surface area contributed by atoms with Crippen LogP contribution in [0.5, 0.6) is 0 Å². The average molecular weight is 412 g/mol. The number of hydrogen-bond acceptors (Lipinski definition) is 2. The molecule has 1 aromatic rings. The van der Waals surface area contributed by atoms with Crippen molar-refractivity contribution in [3.8, 4) is 0 Å². The molecular formula is C12H15BrINO2. The average Bonchev–Trinajstić information content (AvgIpc) is 2.32. The minimum atomic E-state index is -0.0419. The van der Waals surface area contributed by atoms with E-state index in [2.05, 4.69) is 43.8 Å². The van der Waals surface area contributed by atoms with Gasteiger partial charge in [0.15, 0.2) is 0 Å². The van der Waals surface area contributed by atoms with E-state index in [1.165, 1.54) is 0 Å². The Morgan fingerprint density at radius 1 is 1.35 bits per heavy atom. The molecule has 0 spiro atoms. The first-order valence-corrected chi connectivity index (χ1v) is 7.36. The third-order valence-electron chi connectivity index (χ3n) is 2.29. The van der Waals surface area contributed by atoms with Crippen molar-refractivity contribution in [2.24, 2.45) is 0 Å². The summed E-state index contributed by atoms with van der Waals surface area (Å²) in [5, 5.41) is 11.5. The van der Waals surface area contributed by atoms with Gasteiger partial charge in [0.1, 0.15) is 0 Å². The van der Waals surface area contributed by atoms with E-state index in [-0.39, 0.29) is 12.5 Å². The highest BCUT2D eigenvalue weighted by Gasteiger charge is 2.09. The van der Waals surface area contributed by atoms with Gasteiger partial charge in [0, 0.05) is 21.2 Å². The van der Waals surface area contributed by atoms with Crippen molar-refractivity contribution >= 4 is 44.4 Å². The molecule has 5 heteroatoms. The van der Waals surface area contributed by atoms with Gasteiger partial charge in [-0.3, -0.25) is 4.79 Å². The smallest absolute Gasteiger partial charge is 0.252 e. The molecule has 94 valence electrons. The highest BCUT2D eigenvalue weighted by atomic mass is 127. The molecule has 0 aromatic heterocycles. The van der Waals surface area contributed by atoms with Gasteiger partial charge in [0.25, 0.3) is 5.91 Å². The molecule has 17 heavy (non-hydrogen) atoms. The van der Waals surface area contributed by atoms with Crippen LogP contribution in [0.15, 0.2) is 22.7 Å². The molecule has 0 fully saturated rings. The summed E-state index contributed by atoms with van der Waals surface area (Å²) in [6, 6.07) is 5.65. The third-order valence-corrected chi connectivity index (χ3v) is 3.73. The maximum atomic E-state index is 11.9. The summed E-state index contributed by atoms with van der Waals surface area (Å²) >= 11 is 5.51. The molecule has 0 atom stereocenters. The van der Waals surface area contributed by atoms with Crippen LogP contribution in [0.4, 0.5) is 0 Å². The molecule has 0 saturated heterocycles. The molecule has 0 bridgehead atoms. The summed E-state index contributed by atoms with van der Waals surface area (Å²) in [5.74, 6) is -0.0419. The van der Waals surface area contributed by atoms with Gasteiger partial charge in [-0.25, -0.2) is 0 Å². The molecule has 0 saturated carbocycles. The molecule has 0 aliphatic heterocycles. The highest BCUT2D eigenvalue weighted by molar-refractivity contribution is 14.1. The topological polar surface area (TPSA) is 49.3 Å².